The minimum absolute atomic E-state index is 0. The summed E-state index contributed by atoms with van der Waals surface area (Å²) in [6, 6.07) is 4.46. The van der Waals surface area contributed by atoms with Crippen molar-refractivity contribution in [3.63, 3.8) is 0 Å². The molecule has 0 saturated carbocycles. The van der Waals surface area contributed by atoms with Crippen LogP contribution in [0.15, 0.2) is 18.2 Å². The summed E-state index contributed by atoms with van der Waals surface area (Å²) in [5.41, 5.74) is 5.97. The minimum atomic E-state index is -0.347. The fourth-order valence-electron chi connectivity index (χ4n) is 2.63. The van der Waals surface area contributed by atoms with Crippen molar-refractivity contribution in [2.24, 2.45) is 5.73 Å². The predicted octanol–water partition coefficient (Wildman–Crippen LogP) is 0.397. The highest BCUT2D eigenvalue weighted by atomic mass is 35.5. The van der Waals surface area contributed by atoms with Gasteiger partial charge in [-0.05, 0) is 18.2 Å². The zero-order valence-corrected chi connectivity index (χ0v) is 16.2. The number of hydrogen-bond donors (Lipinski definition) is 2. The van der Waals surface area contributed by atoms with E-state index < -0.39 is 0 Å². The molecule has 0 aliphatic carbocycles. The fourth-order valence-corrected chi connectivity index (χ4v) is 2.63. The Kier molecular flexibility index (Phi) is 11.2. The molecule has 0 spiro atoms. The number of amides is 2. The quantitative estimate of drug-likeness (QED) is 0.708. The van der Waals surface area contributed by atoms with Crippen LogP contribution in [0.2, 0.25) is 0 Å². The summed E-state index contributed by atoms with van der Waals surface area (Å²) in [5, 5.41) is 2.47. The van der Waals surface area contributed by atoms with E-state index in [1.54, 1.807) is 18.1 Å². The SMILES string of the molecule is COc1ccc(F)cc1CN1CCN(C(=O)CNC(=O)CN)CC1.Cl.Cl. The average Bonchev–Trinajstić information content (AvgIpc) is 2.60. The lowest BCUT2D eigenvalue weighted by atomic mass is 10.1. The summed E-state index contributed by atoms with van der Waals surface area (Å²) in [6.07, 6.45) is 0. The van der Waals surface area contributed by atoms with Crippen LogP contribution in [-0.2, 0) is 16.1 Å². The Morgan fingerprint density at radius 3 is 2.46 bits per heavy atom. The first-order valence-electron chi connectivity index (χ1n) is 7.82. The largest absolute Gasteiger partial charge is 0.496 e. The van der Waals surface area contributed by atoms with E-state index in [1.807, 2.05) is 0 Å². The second-order valence-corrected chi connectivity index (χ2v) is 5.59. The van der Waals surface area contributed by atoms with E-state index in [9.17, 15) is 14.0 Å². The lowest BCUT2D eigenvalue weighted by molar-refractivity contribution is -0.134. The predicted molar refractivity (Wildman–Crippen MR) is 101 cm³/mol. The highest BCUT2D eigenvalue weighted by molar-refractivity contribution is 5.86. The molecule has 1 aromatic rings. The maximum atomic E-state index is 13.4. The summed E-state index contributed by atoms with van der Waals surface area (Å²) >= 11 is 0. The molecule has 0 atom stereocenters. The molecule has 3 N–H and O–H groups in total. The molecule has 0 radical (unpaired) electrons. The number of methoxy groups -OCH3 is 1. The smallest absolute Gasteiger partial charge is 0.242 e. The number of carbonyl (C=O) groups is 2. The van der Waals surface area contributed by atoms with Gasteiger partial charge >= 0.3 is 0 Å². The third kappa shape index (κ3) is 6.95. The van der Waals surface area contributed by atoms with Gasteiger partial charge < -0.3 is 20.7 Å². The average molecular weight is 411 g/mol. The topological polar surface area (TPSA) is 87.9 Å². The number of rotatable bonds is 6. The molecule has 7 nitrogen and oxygen atoms in total. The van der Waals surface area contributed by atoms with Crippen LogP contribution in [0, 0.1) is 5.82 Å². The third-order valence-electron chi connectivity index (χ3n) is 3.98. The standard InChI is InChI=1S/C16H23FN4O3.2ClH/c1-24-14-3-2-13(17)8-12(14)11-20-4-6-21(7-5-20)16(23)10-19-15(22)9-18;;/h2-3,8H,4-7,9-11,18H2,1H3,(H,19,22);2*1H. The van der Waals surface area contributed by atoms with Gasteiger partial charge in [0.05, 0.1) is 20.2 Å². The van der Waals surface area contributed by atoms with Crippen LogP contribution in [0.4, 0.5) is 4.39 Å². The number of nitrogens with one attached hydrogen (secondary N) is 1. The molecule has 1 aliphatic heterocycles. The second kappa shape index (κ2) is 11.9. The van der Waals surface area contributed by atoms with Crippen LogP contribution in [0.25, 0.3) is 0 Å². The van der Waals surface area contributed by atoms with Crippen LogP contribution < -0.4 is 15.8 Å². The molecule has 2 rings (SSSR count). The van der Waals surface area contributed by atoms with Crippen molar-refractivity contribution in [3.8, 4) is 5.75 Å². The third-order valence-corrected chi connectivity index (χ3v) is 3.98. The summed E-state index contributed by atoms with van der Waals surface area (Å²) in [5.74, 6) is -0.116. The zero-order chi connectivity index (χ0) is 17.5. The lowest BCUT2D eigenvalue weighted by Gasteiger charge is -2.35. The molecule has 148 valence electrons. The molecule has 1 aromatic carbocycles. The van der Waals surface area contributed by atoms with Gasteiger partial charge in [-0.3, -0.25) is 14.5 Å². The number of hydrogen-bond acceptors (Lipinski definition) is 5. The Morgan fingerprint density at radius 1 is 1.23 bits per heavy atom. The van der Waals surface area contributed by atoms with E-state index in [4.69, 9.17) is 10.5 Å². The summed E-state index contributed by atoms with van der Waals surface area (Å²) in [6.45, 7) is 2.88. The maximum Gasteiger partial charge on any atom is 0.242 e. The number of piperazine rings is 1. The first kappa shape index (κ1) is 24.4. The molecule has 26 heavy (non-hydrogen) atoms. The molecular formula is C16H25Cl2FN4O3. The van der Waals surface area contributed by atoms with Crippen LogP contribution >= 0.6 is 24.8 Å². The van der Waals surface area contributed by atoms with Crippen molar-refractivity contribution in [2.75, 3.05) is 46.4 Å². The molecule has 0 aromatic heterocycles. The van der Waals surface area contributed by atoms with Gasteiger partial charge in [-0.1, -0.05) is 0 Å². The van der Waals surface area contributed by atoms with E-state index in [1.165, 1.54) is 12.1 Å². The summed E-state index contributed by atoms with van der Waals surface area (Å²) in [4.78, 5) is 26.9. The van der Waals surface area contributed by atoms with Crippen LogP contribution in [-0.4, -0.2) is 68.0 Å². The van der Waals surface area contributed by atoms with Gasteiger partial charge in [0.25, 0.3) is 0 Å². The van der Waals surface area contributed by atoms with Crippen molar-refractivity contribution in [2.45, 2.75) is 6.54 Å². The number of nitrogens with two attached hydrogens (primary N) is 1. The van der Waals surface area contributed by atoms with Crippen molar-refractivity contribution in [1.82, 2.24) is 15.1 Å². The number of nitrogens with zero attached hydrogens (tertiary/aromatic N) is 2. The molecule has 1 saturated heterocycles. The Labute approximate surface area is 164 Å². The fraction of sp³-hybridized carbons (Fsp3) is 0.500. The normalized spacial score (nSPS) is 14.0. The minimum Gasteiger partial charge on any atom is -0.496 e. The van der Waals surface area contributed by atoms with Crippen LogP contribution in [0.1, 0.15) is 5.56 Å². The van der Waals surface area contributed by atoms with Gasteiger partial charge in [0.15, 0.2) is 0 Å². The number of benzene rings is 1. The van der Waals surface area contributed by atoms with Crippen LogP contribution in [0.3, 0.4) is 0 Å². The van der Waals surface area contributed by atoms with Gasteiger partial charge in [-0.25, -0.2) is 4.39 Å². The van der Waals surface area contributed by atoms with Gasteiger partial charge in [0.2, 0.25) is 11.8 Å². The monoisotopic (exact) mass is 410 g/mol. The zero-order valence-electron chi connectivity index (χ0n) is 14.6. The summed E-state index contributed by atoms with van der Waals surface area (Å²) < 4.78 is 18.7. The number of ether oxygens (including phenoxy) is 1. The Morgan fingerprint density at radius 2 is 1.88 bits per heavy atom. The maximum absolute atomic E-state index is 13.4. The Hall–Kier alpha value is -1.61. The molecule has 1 aliphatic rings. The molecule has 0 bridgehead atoms. The van der Waals surface area contributed by atoms with E-state index >= 15 is 0 Å². The van der Waals surface area contributed by atoms with Gasteiger partial charge in [0, 0.05) is 38.3 Å². The Bertz CT molecular complexity index is 599. The second-order valence-electron chi connectivity index (χ2n) is 5.59. The highest BCUT2D eigenvalue weighted by Gasteiger charge is 2.22. The summed E-state index contributed by atoms with van der Waals surface area (Å²) in [7, 11) is 1.56. The molecule has 1 fully saturated rings. The highest BCUT2D eigenvalue weighted by Crippen LogP contribution is 2.21. The van der Waals surface area contributed by atoms with Crippen molar-refractivity contribution < 1.29 is 18.7 Å². The molecular weight excluding hydrogens is 386 g/mol. The van der Waals surface area contributed by atoms with E-state index in [0.29, 0.717) is 38.5 Å². The van der Waals surface area contributed by atoms with Crippen molar-refractivity contribution in [1.29, 1.82) is 0 Å². The van der Waals surface area contributed by atoms with E-state index in [-0.39, 0.29) is 55.5 Å². The lowest BCUT2D eigenvalue weighted by Crippen LogP contribution is -2.51. The molecule has 10 heteroatoms. The van der Waals surface area contributed by atoms with Crippen LogP contribution in [0.5, 0.6) is 5.75 Å². The first-order chi connectivity index (χ1) is 11.5. The van der Waals surface area contributed by atoms with E-state index in [2.05, 4.69) is 10.2 Å². The number of carbonyl (C=O) groups excluding carboxylic acids is 2. The van der Waals surface area contributed by atoms with Crippen molar-refractivity contribution in [3.05, 3.63) is 29.6 Å². The van der Waals surface area contributed by atoms with Gasteiger partial charge in [-0.15, -0.1) is 24.8 Å². The van der Waals surface area contributed by atoms with Gasteiger partial charge in [0.1, 0.15) is 11.6 Å². The molecule has 0 unspecified atom stereocenters. The number of halogens is 3. The molecule has 2 amide bonds. The first-order valence-corrected chi connectivity index (χ1v) is 7.82. The van der Waals surface area contributed by atoms with E-state index in [0.717, 1.165) is 5.56 Å². The Balaban J connectivity index is 0.00000312. The van der Waals surface area contributed by atoms with Crippen molar-refractivity contribution >= 4 is 36.6 Å². The van der Waals surface area contributed by atoms with Gasteiger partial charge in [-0.2, -0.15) is 0 Å². The molecule has 1 heterocycles.